The average molecular weight is 611 g/mol. The molecule has 2 N–H and O–H groups in total. The number of halogens is 5. The van der Waals surface area contributed by atoms with Crippen LogP contribution < -0.4 is 10.1 Å². The SMILES string of the molecule is CCn1nc(C(=O)NCC2(O)CCC(S(C)(=O)=O)CC2)c(C)c1-c1ccc(CC(C)(C)C(F)(F)F)nc1OC(F)F. The summed E-state index contributed by atoms with van der Waals surface area (Å²) in [5.74, 6) is -1.25. The average Bonchev–Trinajstić information content (AvgIpc) is 3.17. The van der Waals surface area contributed by atoms with Gasteiger partial charge in [-0.2, -0.15) is 27.1 Å². The predicted molar refractivity (Wildman–Crippen MR) is 140 cm³/mol. The summed E-state index contributed by atoms with van der Waals surface area (Å²) in [6.07, 6.45) is -3.12. The highest BCUT2D eigenvalue weighted by Crippen LogP contribution is 2.41. The molecular formula is C26H35F5N4O5S. The molecule has 1 aliphatic rings. The lowest BCUT2D eigenvalue weighted by atomic mass is 9.84. The van der Waals surface area contributed by atoms with E-state index in [-0.39, 0.29) is 67.0 Å². The number of ether oxygens (including phenoxy) is 1. The Labute approximate surface area is 235 Å². The highest BCUT2D eigenvalue weighted by atomic mass is 32.2. The molecule has 0 aromatic carbocycles. The number of alkyl halides is 5. The maximum atomic E-state index is 13.4. The van der Waals surface area contributed by atoms with Crippen LogP contribution in [0.5, 0.6) is 5.88 Å². The van der Waals surface area contributed by atoms with Crippen molar-refractivity contribution in [3.05, 3.63) is 29.1 Å². The fourth-order valence-electron chi connectivity index (χ4n) is 4.88. The zero-order valence-corrected chi connectivity index (χ0v) is 24.3. The van der Waals surface area contributed by atoms with Crippen LogP contribution in [-0.4, -0.2) is 70.6 Å². The third kappa shape index (κ3) is 7.53. The van der Waals surface area contributed by atoms with Crippen molar-refractivity contribution >= 4 is 15.7 Å². The molecule has 3 rings (SSSR count). The van der Waals surface area contributed by atoms with E-state index in [2.05, 4.69) is 20.1 Å². The number of hydrogen-bond donors (Lipinski definition) is 2. The third-order valence-corrected chi connectivity index (χ3v) is 9.20. The summed E-state index contributed by atoms with van der Waals surface area (Å²) >= 11 is 0. The van der Waals surface area contributed by atoms with E-state index in [1.807, 2.05) is 0 Å². The Balaban J connectivity index is 1.89. The van der Waals surface area contributed by atoms with Crippen LogP contribution in [-0.2, 0) is 22.8 Å². The zero-order valence-electron chi connectivity index (χ0n) is 23.5. The van der Waals surface area contributed by atoms with Gasteiger partial charge in [-0.15, -0.1) is 0 Å². The van der Waals surface area contributed by atoms with E-state index < -0.39 is 57.1 Å². The van der Waals surface area contributed by atoms with Crippen molar-refractivity contribution in [2.24, 2.45) is 5.41 Å². The lowest BCUT2D eigenvalue weighted by Crippen LogP contribution is -2.47. The normalized spacial score (nSPS) is 20.3. The molecule has 2 heterocycles. The molecule has 15 heteroatoms. The van der Waals surface area contributed by atoms with Crippen LogP contribution in [0.2, 0.25) is 0 Å². The highest BCUT2D eigenvalue weighted by molar-refractivity contribution is 7.91. The van der Waals surface area contributed by atoms with Crippen LogP contribution in [0.15, 0.2) is 12.1 Å². The van der Waals surface area contributed by atoms with Gasteiger partial charge in [-0.25, -0.2) is 13.4 Å². The van der Waals surface area contributed by atoms with Crippen LogP contribution >= 0.6 is 0 Å². The molecule has 0 radical (unpaired) electrons. The number of aryl methyl sites for hydroxylation is 1. The van der Waals surface area contributed by atoms with Crippen LogP contribution in [0.3, 0.4) is 0 Å². The summed E-state index contributed by atoms with van der Waals surface area (Å²) in [7, 11) is -3.24. The number of nitrogens with one attached hydrogen (secondary N) is 1. The maximum Gasteiger partial charge on any atom is 0.394 e. The van der Waals surface area contributed by atoms with Crippen molar-refractivity contribution in [2.45, 2.75) is 90.0 Å². The molecule has 1 aliphatic carbocycles. The van der Waals surface area contributed by atoms with Gasteiger partial charge < -0.3 is 15.2 Å². The summed E-state index contributed by atoms with van der Waals surface area (Å²) in [6, 6.07) is 2.60. The molecule has 1 amide bonds. The molecular weight excluding hydrogens is 575 g/mol. The number of aromatic nitrogens is 3. The number of carbonyl (C=O) groups excluding carboxylic acids is 1. The summed E-state index contributed by atoms with van der Waals surface area (Å²) in [6.45, 7) is 1.92. The molecule has 9 nitrogen and oxygen atoms in total. The van der Waals surface area contributed by atoms with Gasteiger partial charge in [0.25, 0.3) is 5.91 Å². The molecule has 1 saturated carbocycles. The first-order chi connectivity index (χ1) is 18.8. The van der Waals surface area contributed by atoms with Gasteiger partial charge in [0, 0.05) is 37.0 Å². The Kier molecular flexibility index (Phi) is 9.43. The summed E-state index contributed by atoms with van der Waals surface area (Å²) in [4.78, 5) is 17.1. The minimum absolute atomic E-state index is 0.0162. The van der Waals surface area contributed by atoms with E-state index in [4.69, 9.17) is 0 Å². The number of carbonyl (C=O) groups is 1. The second-order valence-corrected chi connectivity index (χ2v) is 13.5. The molecule has 41 heavy (non-hydrogen) atoms. The van der Waals surface area contributed by atoms with Gasteiger partial charge in [-0.3, -0.25) is 9.48 Å². The number of amides is 1. The van der Waals surface area contributed by atoms with Crippen molar-refractivity contribution in [1.29, 1.82) is 0 Å². The van der Waals surface area contributed by atoms with Gasteiger partial charge in [-0.05, 0) is 51.7 Å². The molecule has 0 saturated heterocycles. The number of aliphatic hydroxyl groups is 1. The predicted octanol–water partition coefficient (Wildman–Crippen LogP) is 4.45. The molecule has 230 valence electrons. The van der Waals surface area contributed by atoms with Crippen molar-refractivity contribution in [1.82, 2.24) is 20.1 Å². The first-order valence-electron chi connectivity index (χ1n) is 13.1. The Morgan fingerprint density at radius 3 is 2.37 bits per heavy atom. The van der Waals surface area contributed by atoms with Crippen LogP contribution in [0.25, 0.3) is 11.3 Å². The summed E-state index contributed by atoms with van der Waals surface area (Å²) < 4.78 is 96.4. The topological polar surface area (TPSA) is 123 Å². The zero-order chi connectivity index (χ0) is 31.0. The first kappa shape index (κ1) is 32.7. The number of nitrogens with zero attached hydrogens (tertiary/aromatic N) is 3. The summed E-state index contributed by atoms with van der Waals surface area (Å²) in [5, 5.41) is 17.3. The largest absolute Gasteiger partial charge is 0.416 e. The van der Waals surface area contributed by atoms with Gasteiger partial charge >= 0.3 is 12.8 Å². The van der Waals surface area contributed by atoms with Gasteiger partial charge in [0.05, 0.1) is 27.5 Å². The maximum absolute atomic E-state index is 13.4. The molecule has 0 spiro atoms. The van der Waals surface area contributed by atoms with Crippen molar-refractivity contribution in [2.75, 3.05) is 12.8 Å². The number of sulfone groups is 1. The van der Waals surface area contributed by atoms with Gasteiger partial charge in [-0.1, -0.05) is 13.8 Å². The molecule has 0 aliphatic heterocycles. The minimum atomic E-state index is -4.56. The number of hydrogen-bond acceptors (Lipinski definition) is 7. The Morgan fingerprint density at radius 2 is 1.85 bits per heavy atom. The van der Waals surface area contributed by atoms with Gasteiger partial charge in [0.15, 0.2) is 5.69 Å². The number of rotatable bonds is 10. The fraction of sp³-hybridized carbons (Fsp3) is 0.654. The lowest BCUT2D eigenvalue weighted by molar-refractivity contribution is -0.211. The van der Waals surface area contributed by atoms with E-state index in [1.54, 1.807) is 6.92 Å². The van der Waals surface area contributed by atoms with E-state index >= 15 is 0 Å². The molecule has 1 fully saturated rings. The second kappa shape index (κ2) is 11.8. The quantitative estimate of drug-likeness (QED) is 0.381. The summed E-state index contributed by atoms with van der Waals surface area (Å²) in [5.41, 5.74) is -3.13. The standard InChI is InChI=1S/C26H35F5N4O5S/c1-6-35-20(18-8-7-16(33-22(18)40-23(27)28)13-24(3,4)26(29,30)31)15(2)19(34-35)21(36)32-14-25(37)11-9-17(10-12-25)41(5,38)39/h7-8,17,23,37H,6,9-14H2,1-5H3,(H,32,36). The Morgan fingerprint density at radius 1 is 1.24 bits per heavy atom. The van der Waals surface area contributed by atoms with Crippen LogP contribution in [0, 0.1) is 12.3 Å². The molecule has 2 aromatic heterocycles. The van der Waals surface area contributed by atoms with Gasteiger partial charge in [0.2, 0.25) is 5.88 Å². The van der Waals surface area contributed by atoms with E-state index in [0.29, 0.717) is 0 Å². The molecule has 0 atom stereocenters. The third-order valence-electron chi connectivity index (χ3n) is 7.51. The van der Waals surface area contributed by atoms with Crippen LogP contribution in [0.4, 0.5) is 22.0 Å². The van der Waals surface area contributed by atoms with Crippen molar-refractivity contribution < 1.29 is 45.0 Å². The van der Waals surface area contributed by atoms with Gasteiger partial charge in [0.1, 0.15) is 9.84 Å². The van der Waals surface area contributed by atoms with Crippen LogP contribution in [0.1, 0.15) is 68.2 Å². The Bertz CT molecular complexity index is 1370. The van der Waals surface area contributed by atoms with E-state index in [1.165, 1.54) is 23.7 Å². The fourth-order valence-corrected chi connectivity index (χ4v) is 5.98. The molecule has 2 aromatic rings. The smallest absolute Gasteiger partial charge is 0.394 e. The molecule has 0 unspecified atom stereocenters. The monoisotopic (exact) mass is 610 g/mol. The van der Waals surface area contributed by atoms with E-state index in [9.17, 15) is 40.3 Å². The Hall–Kier alpha value is -2.81. The lowest BCUT2D eigenvalue weighted by Gasteiger charge is -2.35. The van der Waals surface area contributed by atoms with Crippen molar-refractivity contribution in [3.63, 3.8) is 0 Å². The van der Waals surface area contributed by atoms with Crippen molar-refractivity contribution in [3.8, 4) is 17.1 Å². The highest BCUT2D eigenvalue weighted by Gasteiger charge is 2.47. The number of pyridine rings is 1. The first-order valence-corrected chi connectivity index (χ1v) is 15.0. The second-order valence-electron chi connectivity index (χ2n) is 11.2. The molecule has 0 bridgehead atoms. The van der Waals surface area contributed by atoms with E-state index in [0.717, 1.165) is 20.1 Å². The minimum Gasteiger partial charge on any atom is -0.416 e.